The lowest BCUT2D eigenvalue weighted by molar-refractivity contribution is 0.0655. The Labute approximate surface area is 222 Å². The normalized spacial score (nSPS) is 14.5. The summed E-state index contributed by atoms with van der Waals surface area (Å²) in [5, 5.41) is 0. The number of carbonyl (C=O) groups is 1. The number of hydrogen-bond acceptors (Lipinski definition) is 4. The van der Waals surface area contributed by atoms with Crippen LogP contribution in [0.5, 0.6) is 0 Å². The summed E-state index contributed by atoms with van der Waals surface area (Å²) in [6.07, 6.45) is 2.53. The number of Topliss-reactive ketones (excluding diaryl/α,β-unsaturated/α-hetero) is 1. The molecule has 0 aliphatic carbocycles. The maximum absolute atomic E-state index is 12.1. The Bertz CT molecular complexity index is 967. The van der Waals surface area contributed by atoms with Gasteiger partial charge in [0.2, 0.25) is 0 Å². The largest absolute Gasteiger partial charge is 0.413 e. The van der Waals surface area contributed by atoms with Crippen LogP contribution in [0.3, 0.4) is 0 Å². The molecule has 0 spiro atoms. The second kappa shape index (κ2) is 12.5. The molecule has 35 heavy (non-hydrogen) atoms. The zero-order chi connectivity index (χ0) is 26.6. The molecule has 0 aliphatic rings. The molecule has 0 radical (unpaired) electrons. The van der Waals surface area contributed by atoms with Crippen molar-refractivity contribution in [3.63, 3.8) is 0 Å². The highest BCUT2D eigenvalue weighted by Crippen LogP contribution is 2.45. The van der Waals surface area contributed by atoms with Crippen molar-refractivity contribution in [1.29, 1.82) is 0 Å². The third-order valence-electron chi connectivity index (χ3n) is 6.02. The van der Waals surface area contributed by atoms with Crippen molar-refractivity contribution in [2.24, 2.45) is 10.8 Å². The second-order valence-corrected chi connectivity index (χ2v) is 18.3. The topological polar surface area (TPSA) is 35.5 Å². The van der Waals surface area contributed by atoms with Gasteiger partial charge in [0, 0.05) is 11.3 Å². The van der Waals surface area contributed by atoms with Crippen LogP contribution < -0.4 is 0 Å². The maximum Gasteiger partial charge on any atom is 0.172 e. The van der Waals surface area contributed by atoms with E-state index in [-0.39, 0.29) is 28.8 Å². The highest BCUT2D eigenvalue weighted by molar-refractivity contribution is 7.14. The summed E-state index contributed by atoms with van der Waals surface area (Å²) in [7, 11) is -2.53. The first-order valence-electron chi connectivity index (χ1n) is 13.2. The fourth-order valence-electron chi connectivity index (χ4n) is 4.38. The van der Waals surface area contributed by atoms with Gasteiger partial charge < -0.3 is 8.85 Å². The van der Waals surface area contributed by atoms with Gasteiger partial charge in [0.25, 0.3) is 0 Å². The number of benzene rings is 1. The first-order valence-corrected chi connectivity index (χ1v) is 19.6. The van der Waals surface area contributed by atoms with Crippen LogP contribution in [0.25, 0.3) is 0 Å². The molecule has 0 fully saturated rings. The summed E-state index contributed by atoms with van der Waals surface area (Å²) in [5.41, 5.74) is 3.86. The molecule has 0 saturated carbocycles. The van der Waals surface area contributed by atoms with Gasteiger partial charge >= 0.3 is 0 Å². The molecule has 3 nitrogen and oxygen atoms in total. The highest BCUT2D eigenvalue weighted by atomic mass is 32.1. The van der Waals surface area contributed by atoms with Crippen LogP contribution in [-0.4, -0.2) is 23.9 Å². The van der Waals surface area contributed by atoms with E-state index in [0.717, 1.165) is 17.7 Å². The molecule has 0 saturated heterocycles. The Balaban J connectivity index is 2.50. The van der Waals surface area contributed by atoms with Crippen molar-refractivity contribution in [3.8, 4) is 0 Å². The van der Waals surface area contributed by atoms with Crippen LogP contribution in [0.4, 0.5) is 0 Å². The number of aryl methyl sites for hydroxylation is 2. The van der Waals surface area contributed by atoms with Gasteiger partial charge in [-0.25, -0.2) is 0 Å². The van der Waals surface area contributed by atoms with Gasteiger partial charge in [-0.15, -0.1) is 11.3 Å². The monoisotopic (exact) mass is 532 g/mol. The molecule has 2 unspecified atom stereocenters. The predicted molar refractivity (Wildman–Crippen MR) is 157 cm³/mol. The Morgan fingerprint density at radius 3 is 1.86 bits per heavy atom. The molecule has 2 atom stereocenters. The molecule has 0 bridgehead atoms. The van der Waals surface area contributed by atoms with Crippen LogP contribution in [0.15, 0.2) is 30.3 Å². The van der Waals surface area contributed by atoms with E-state index in [4.69, 9.17) is 8.85 Å². The minimum Gasteiger partial charge on any atom is -0.413 e. The molecular formula is C29H48O3SSi2. The molecular weight excluding hydrogens is 485 g/mol. The Morgan fingerprint density at radius 2 is 1.37 bits per heavy atom. The van der Waals surface area contributed by atoms with Gasteiger partial charge in [-0.1, -0.05) is 66.7 Å². The van der Waals surface area contributed by atoms with Crippen LogP contribution in [-0.2, 0) is 21.7 Å². The van der Waals surface area contributed by atoms with E-state index in [9.17, 15) is 4.79 Å². The summed E-state index contributed by atoms with van der Waals surface area (Å²) < 4.78 is 13.4. The molecule has 2 rings (SSSR count). The molecule has 0 amide bonds. The number of hydrogen-bond donors (Lipinski definition) is 0. The SMILES string of the molecule is CCC(=O)c1ccc(CCc2ccc(C(O[SiH](C)C)C(C)(C)C)c(C(O[SiH](C)C)C(C)(C)C)c2)s1. The Hall–Kier alpha value is -1.06. The molecule has 1 aromatic carbocycles. The van der Waals surface area contributed by atoms with E-state index >= 15 is 0 Å². The minimum atomic E-state index is -1.27. The van der Waals surface area contributed by atoms with Gasteiger partial charge in [-0.2, -0.15) is 0 Å². The smallest absolute Gasteiger partial charge is 0.172 e. The van der Waals surface area contributed by atoms with Crippen molar-refractivity contribution in [3.05, 3.63) is 56.8 Å². The predicted octanol–water partition coefficient (Wildman–Crippen LogP) is 8.30. The fourth-order valence-corrected chi connectivity index (χ4v) is 7.60. The quantitative estimate of drug-likeness (QED) is 0.216. The molecule has 0 aliphatic heterocycles. The fraction of sp³-hybridized carbons (Fsp3) is 0.621. The summed E-state index contributed by atoms with van der Waals surface area (Å²) in [6, 6.07) is 11.1. The average Bonchev–Trinajstić information content (AvgIpc) is 3.21. The van der Waals surface area contributed by atoms with Crippen LogP contribution in [0, 0.1) is 10.8 Å². The third kappa shape index (κ3) is 8.78. The van der Waals surface area contributed by atoms with Gasteiger partial charge in [0.1, 0.15) is 0 Å². The summed E-state index contributed by atoms with van der Waals surface area (Å²) in [6.45, 7) is 24.6. The van der Waals surface area contributed by atoms with Gasteiger partial charge in [0.15, 0.2) is 23.9 Å². The summed E-state index contributed by atoms with van der Waals surface area (Å²) >= 11 is 1.64. The lowest BCUT2D eigenvalue weighted by Crippen LogP contribution is -2.31. The van der Waals surface area contributed by atoms with Crippen LogP contribution in [0.1, 0.15) is 98.3 Å². The lowest BCUT2D eigenvalue weighted by Gasteiger charge is -2.39. The van der Waals surface area contributed by atoms with Crippen molar-refractivity contribution < 1.29 is 13.6 Å². The van der Waals surface area contributed by atoms with Gasteiger partial charge in [-0.05, 0) is 78.7 Å². The minimum absolute atomic E-state index is 0.00951. The lowest BCUT2D eigenvalue weighted by atomic mass is 9.77. The molecule has 2 aromatic rings. The van der Waals surface area contributed by atoms with Crippen molar-refractivity contribution in [2.45, 2.75) is 106 Å². The first kappa shape index (κ1) is 30.2. The zero-order valence-electron chi connectivity index (χ0n) is 24.0. The highest BCUT2D eigenvalue weighted by Gasteiger charge is 2.35. The number of carbonyl (C=O) groups excluding carboxylic acids is 1. The summed E-state index contributed by atoms with van der Waals surface area (Å²) in [5.74, 6) is 0.234. The van der Waals surface area contributed by atoms with Crippen LogP contribution >= 0.6 is 11.3 Å². The average molecular weight is 533 g/mol. The van der Waals surface area contributed by atoms with Crippen LogP contribution in [0.2, 0.25) is 26.2 Å². The molecule has 196 valence electrons. The van der Waals surface area contributed by atoms with Gasteiger partial charge in [0.05, 0.1) is 17.1 Å². The summed E-state index contributed by atoms with van der Waals surface area (Å²) in [4.78, 5) is 14.2. The Morgan fingerprint density at radius 1 is 0.829 bits per heavy atom. The molecule has 1 aromatic heterocycles. The van der Waals surface area contributed by atoms with E-state index < -0.39 is 18.1 Å². The molecule has 1 heterocycles. The van der Waals surface area contributed by atoms with E-state index in [1.54, 1.807) is 11.3 Å². The van der Waals surface area contributed by atoms with E-state index in [2.05, 4.69) is 92.0 Å². The number of thiophene rings is 1. The van der Waals surface area contributed by atoms with E-state index in [1.807, 2.05) is 13.0 Å². The standard InChI is InChI=1S/C29H48O3SSi2/c1-12-24(30)25-18-16-21(33-25)15-13-20-14-17-22(26(28(2,3)4)31-34(8)9)23(19-20)27(29(5,6)7)32-35(10)11/h14,16-19,26-27,34-35H,12-13,15H2,1-11H3. The van der Waals surface area contributed by atoms with Crippen molar-refractivity contribution >= 4 is 35.2 Å². The van der Waals surface area contributed by atoms with E-state index in [1.165, 1.54) is 21.6 Å². The number of ketones is 1. The number of rotatable bonds is 11. The maximum atomic E-state index is 12.1. The first-order chi connectivity index (χ1) is 16.1. The third-order valence-corrected chi connectivity index (χ3v) is 8.84. The van der Waals surface area contributed by atoms with E-state index in [0.29, 0.717) is 6.42 Å². The zero-order valence-corrected chi connectivity index (χ0v) is 27.1. The van der Waals surface area contributed by atoms with Crippen molar-refractivity contribution in [2.75, 3.05) is 0 Å². The second-order valence-electron chi connectivity index (χ2n) is 12.4. The molecule has 0 N–H and O–H groups in total. The molecule has 6 heteroatoms. The van der Waals surface area contributed by atoms with Crippen molar-refractivity contribution in [1.82, 2.24) is 0 Å². The van der Waals surface area contributed by atoms with Gasteiger partial charge in [-0.3, -0.25) is 4.79 Å². The Kier molecular flexibility index (Phi) is 10.7.